The lowest BCUT2D eigenvalue weighted by molar-refractivity contribution is -0.121. The fourth-order valence-corrected chi connectivity index (χ4v) is 4.15. The van der Waals surface area contributed by atoms with Crippen LogP contribution in [0.2, 0.25) is 0 Å². The Labute approximate surface area is 201 Å². The van der Waals surface area contributed by atoms with Gasteiger partial charge < -0.3 is 10.4 Å². The summed E-state index contributed by atoms with van der Waals surface area (Å²) < 4.78 is 0. The highest BCUT2D eigenvalue weighted by Crippen LogP contribution is 2.12. The van der Waals surface area contributed by atoms with E-state index in [1.807, 2.05) is 6.08 Å². The van der Waals surface area contributed by atoms with E-state index in [2.05, 4.69) is 25.2 Å². The molecule has 32 heavy (non-hydrogen) atoms. The fraction of sp³-hybridized carbons (Fsp3) is 0.897. The number of aliphatic hydroxyl groups is 1. The number of amides is 1. The fourth-order valence-electron chi connectivity index (χ4n) is 4.15. The molecule has 0 aromatic rings. The zero-order valence-corrected chi connectivity index (χ0v) is 21.9. The van der Waals surface area contributed by atoms with Crippen LogP contribution < -0.4 is 5.32 Å². The number of nitrogens with one attached hydrogen (secondary N) is 1. The molecule has 190 valence electrons. The summed E-state index contributed by atoms with van der Waals surface area (Å²) in [7, 11) is 0. The Balaban J connectivity index is 3.37. The van der Waals surface area contributed by atoms with Crippen LogP contribution in [0.3, 0.4) is 0 Å². The van der Waals surface area contributed by atoms with Crippen molar-refractivity contribution in [1.82, 2.24) is 5.32 Å². The SMILES string of the molecule is CCCCCCCCCCCCC/C=C/C(O)CNC(=O)CCCCCCCCCCC. The molecule has 0 spiro atoms. The third-order valence-electron chi connectivity index (χ3n) is 6.35. The zero-order chi connectivity index (χ0) is 23.5. The highest BCUT2D eigenvalue weighted by atomic mass is 16.3. The Morgan fingerprint density at radius 2 is 1.06 bits per heavy atom. The molecule has 0 aromatic heterocycles. The Hall–Kier alpha value is -0.830. The summed E-state index contributed by atoms with van der Waals surface area (Å²) in [6.07, 6.45) is 31.3. The van der Waals surface area contributed by atoms with Crippen LogP contribution in [0, 0.1) is 0 Å². The molecule has 0 saturated carbocycles. The van der Waals surface area contributed by atoms with Gasteiger partial charge in [-0.15, -0.1) is 0 Å². The molecule has 1 amide bonds. The van der Waals surface area contributed by atoms with Gasteiger partial charge in [-0.1, -0.05) is 142 Å². The lowest BCUT2D eigenvalue weighted by Crippen LogP contribution is -2.30. The molecule has 0 bridgehead atoms. The standard InChI is InChI=1S/C29H57NO2/c1-3-5-7-9-11-13-14-15-16-18-19-21-23-25-28(31)27-30-29(32)26-24-22-20-17-12-10-8-6-4-2/h23,25,28,31H,3-22,24,26-27H2,1-2H3,(H,30,32)/b25-23+. The molecular formula is C29H57NO2. The molecule has 0 aliphatic carbocycles. The van der Waals surface area contributed by atoms with Crippen molar-refractivity contribution in [2.24, 2.45) is 0 Å². The van der Waals surface area contributed by atoms with E-state index in [1.165, 1.54) is 116 Å². The van der Waals surface area contributed by atoms with Crippen molar-refractivity contribution in [3.05, 3.63) is 12.2 Å². The van der Waals surface area contributed by atoms with Crippen LogP contribution in [0.1, 0.15) is 155 Å². The zero-order valence-electron chi connectivity index (χ0n) is 21.9. The van der Waals surface area contributed by atoms with E-state index in [0.717, 1.165) is 19.3 Å². The van der Waals surface area contributed by atoms with Gasteiger partial charge in [0.15, 0.2) is 0 Å². The highest BCUT2D eigenvalue weighted by molar-refractivity contribution is 5.75. The normalized spacial score (nSPS) is 12.5. The number of hydrogen-bond donors (Lipinski definition) is 2. The van der Waals surface area contributed by atoms with Crippen molar-refractivity contribution in [1.29, 1.82) is 0 Å². The molecule has 0 aliphatic rings. The molecular weight excluding hydrogens is 394 g/mol. The van der Waals surface area contributed by atoms with Crippen LogP contribution >= 0.6 is 0 Å². The first-order valence-corrected chi connectivity index (χ1v) is 14.3. The molecule has 0 radical (unpaired) electrons. The second kappa shape index (κ2) is 26.4. The van der Waals surface area contributed by atoms with Gasteiger partial charge in [0, 0.05) is 13.0 Å². The smallest absolute Gasteiger partial charge is 0.220 e. The van der Waals surface area contributed by atoms with Crippen LogP contribution in [0.5, 0.6) is 0 Å². The Kier molecular flexibility index (Phi) is 25.7. The summed E-state index contributed by atoms with van der Waals surface area (Å²) in [5, 5.41) is 12.9. The number of unbranched alkanes of at least 4 members (excludes halogenated alkanes) is 19. The van der Waals surface area contributed by atoms with Gasteiger partial charge in [0.25, 0.3) is 0 Å². The van der Waals surface area contributed by atoms with Gasteiger partial charge in [-0.05, 0) is 19.3 Å². The molecule has 1 atom stereocenters. The lowest BCUT2D eigenvalue weighted by atomic mass is 10.1. The minimum absolute atomic E-state index is 0.0748. The minimum Gasteiger partial charge on any atom is -0.387 e. The summed E-state index contributed by atoms with van der Waals surface area (Å²) in [5.41, 5.74) is 0. The van der Waals surface area contributed by atoms with E-state index in [-0.39, 0.29) is 5.91 Å². The van der Waals surface area contributed by atoms with E-state index >= 15 is 0 Å². The molecule has 1 unspecified atom stereocenters. The number of hydrogen-bond acceptors (Lipinski definition) is 2. The van der Waals surface area contributed by atoms with Gasteiger partial charge in [-0.3, -0.25) is 4.79 Å². The molecule has 0 saturated heterocycles. The van der Waals surface area contributed by atoms with Crippen LogP contribution in [-0.4, -0.2) is 23.7 Å². The Morgan fingerprint density at radius 3 is 1.53 bits per heavy atom. The van der Waals surface area contributed by atoms with Gasteiger partial charge in [-0.2, -0.15) is 0 Å². The monoisotopic (exact) mass is 451 g/mol. The summed E-state index contributed by atoms with van der Waals surface area (Å²) in [6.45, 7) is 4.86. The van der Waals surface area contributed by atoms with Gasteiger partial charge in [0.1, 0.15) is 0 Å². The third kappa shape index (κ3) is 25.4. The van der Waals surface area contributed by atoms with E-state index in [1.54, 1.807) is 0 Å². The van der Waals surface area contributed by atoms with Crippen molar-refractivity contribution >= 4 is 5.91 Å². The predicted octanol–water partition coefficient (Wildman–Crippen LogP) is 8.64. The lowest BCUT2D eigenvalue weighted by Gasteiger charge is -2.08. The molecule has 0 fully saturated rings. The van der Waals surface area contributed by atoms with Crippen molar-refractivity contribution in [3.8, 4) is 0 Å². The van der Waals surface area contributed by atoms with Crippen molar-refractivity contribution < 1.29 is 9.90 Å². The molecule has 3 heteroatoms. The van der Waals surface area contributed by atoms with Crippen molar-refractivity contribution in [2.45, 2.75) is 161 Å². The van der Waals surface area contributed by atoms with Gasteiger partial charge in [0.2, 0.25) is 5.91 Å². The summed E-state index contributed by atoms with van der Waals surface area (Å²) in [6, 6.07) is 0. The van der Waals surface area contributed by atoms with Crippen LogP contribution in [0.15, 0.2) is 12.2 Å². The number of carbonyl (C=O) groups is 1. The van der Waals surface area contributed by atoms with Crippen molar-refractivity contribution in [2.75, 3.05) is 6.54 Å². The Bertz CT molecular complexity index is 408. The summed E-state index contributed by atoms with van der Waals surface area (Å²) >= 11 is 0. The molecule has 3 nitrogen and oxygen atoms in total. The van der Waals surface area contributed by atoms with Crippen LogP contribution in [-0.2, 0) is 4.79 Å². The van der Waals surface area contributed by atoms with E-state index in [0.29, 0.717) is 13.0 Å². The first-order chi connectivity index (χ1) is 15.7. The van der Waals surface area contributed by atoms with Gasteiger partial charge in [-0.25, -0.2) is 0 Å². The minimum atomic E-state index is -0.560. The largest absolute Gasteiger partial charge is 0.387 e. The van der Waals surface area contributed by atoms with Crippen LogP contribution in [0.25, 0.3) is 0 Å². The Morgan fingerprint density at radius 1 is 0.656 bits per heavy atom. The van der Waals surface area contributed by atoms with Gasteiger partial charge in [0.05, 0.1) is 6.10 Å². The molecule has 0 heterocycles. The maximum atomic E-state index is 11.9. The summed E-state index contributed by atoms with van der Waals surface area (Å²) in [4.78, 5) is 11.9. The van der Waals surface area contributed by atoms with Crippen LogP contribution in [0.4, 0.5) is 0 Å². The second-order valence-corrected chi connectivity index (χ2v) is 9.70. The third-order valence-corrected chi connectivity index (χ3v) is 6.35. The van der Waals surface area contributed by atoms with Gasteiger partial charge >= 0.3 is 0 Å². The first kappa shape index (κ1) is 31.2. The molecule has 0 aliphatic heterocycles. The topological polar surface area (TPSA) is 49.3 Å². The highest BCUT2D eigenvalue weighted by Gasteiger charge is 2.04. The quantitative estimate of drug-likeness (QED) is 0.108. The first-order valence-electron chi connectivity index (χ1n) is 14.3. The van der Waals surface area contributed by atoms with E-state index < -0.39 is 6.10 Å². The van der Waals surface area contributed by atoms with Crippen molar-refractivity contribution in [3.63, 3.8) is 0 Å². The summed E-state index contributed by atoms with van der Waals surface area (Å²) in [5.74, 6) is 0.0748. The number of aliphatic hydroxyl groups excluding tert-OH is 1. The maximum Gasteiger partial charge on any atom is 0.220 e. The number of rotatable bonds is 25. The molecule has 2 N–H and O–H groups in total. The average molecular weight is 452 g/mol. The maximum absolute atomic E-state index is 11.9. The predicted molar refractivity (Wildman–Crippen MR) is 141 cm³/mol. The number of carbonyl (C=O) groups excluding carboxylic acids is 1. The van der Waals surface area contributed by atoms with E-state index in [9.17, 15) is 9.90 Å². The van der Waals surface area contributed by atoms with E-state index in [4.69, 9.17) is 0 Å². The second-order valence-electron chi connectivity index (χ2n) is 9.70. The average Bonchev–Trinajstić information content (AvgIpc) is 2.79. The molecule has 0 rings (SSSR count). The number of allylic oxidation sites excluding steroid dienone is 1. The molecule has 0 aromatic carbocycles.